The summed E-state index contributed by atoms with van der Waals surface area (Å²) in [6, 6.07) is 5.01. The molecule has 1 fully saturated rings. The molecule has 1 amide bonds. The highest BCUT2D eigenvalue weighted by atomic mass is 16.5. The SMILES string of the molecule is COc1ccc(C=O)cc1NC(=O)C1CCCCC1. The van der Waals surface area contributed by atoms with E-state index in [1.54, 1.807) is 25.3 Å². The van der Waals surface area contributed by atoms with Gasteiger partial charge in [0, 0.05) is 11.5 Å². The molecule has 0 unspecified atom stereocenters. The van der Waals surface area contributed by atoms with Crippen molar-refractivity contribution < 1.29 is 14.3 Å². The van der Waals surface area contributed by atoms with Gasteiger partial charge in [-0.2, -0.15) is 0 Å². The Bertz CT molecular complexity index is 464. The Hall–Kier alpha value is -1.84. The molecular weight excluding hydrogens is 242 g/mol. The molecule has 2 rings (SSSR count). The predicted octanol–water partition coefficient (Wildman–Crippen LogP) is 3.03. The quantitative estimate of drug-likeness (QED) is 0.847. The number of methoxy groups -OCH3 is 1. The van der Waals surface area contributed by atoms with Crippen molar-refractivity contribution in [1.29, 1.82) is 0 Å². The lowest BCUT2D eigenvalue weighted by molar-refractivity contribution is -0.120. The van der Waals surface area contributed by atoms with E-state index < -0.39 is 0 Å². The Morgan fingerprint density at radius 2 is 2.05 bits per heavy atom. The van der Waals surface area contributed by atoms with Gasteiger partial charge in [0.05, 0.1) is 12.8 Å². The van der Waals surface area contributed by atoms with E-state index in [1.807, 2.05) is 0 Å². The number of nitrogens with one attached hydrogen (secondary N) is 1. The van der Waals surface area contributed by atoms with E-state index in [9.17, 15) is 9.59 Å². The van der Waals surface area contributed by atoms with Crippen LogP contribution in [0.5, 0.6) is 5.75 Å². The largest absolute Gasteiger partial charge is 0.495 e. The maximum absolute atomic E-state index is 12.2. The summed E-state index contributed by atoms with van der Waals surface area (Å²) in [4.78, 5) is 23.0. The second-order valence-corrected chi connectivity index (χ2v) is 4.90. The molecule has 4 nitrogen and oxygen atoms in total. The van der Waals surface area contributed by atoms with Gasteiger partial charge >= 0.3 is 0 Å². The first kappa shape index (κ1) is 13.6. The third-order valence-electron chi connectivity index (χ3n) is 3.59. The molecule has 0 radical (unpaired) electrons. The van der Waals surface area contributed by atoms with Crippen LogP contribution in [0, 0.1) is 5.92 Å². The topological polar surface area (TPSA) is 55.4 Å². The van der Waals surface area contributed by atoms with Gasteiger partial charge in [-0.25, -0.2) is 0 Å². The van der Waals surface area contributed by atoms with Crippen LogP contribution in [0.2, 0.25) is 0 Å². The molecule has 1 aromatic rings. The van der Waals surface area contributed by atoms with Gasteiger partial charge in [0.15, 0.2) is 0 Å². The third-order valence-corrected chi connectivity index (χ3v) is 3.59. The van der Waals surface area contributed by atoms with Gasteiger partial charge in [-0.15, -0.1) is 0 Å². The van der Waals surface area contributed by atoms with Crippen molar-refractivity contribution in [3.63, 3.8) is 0 Å². The Morgan fingerprint density at radius 3 is 2.68 bits per heavy atom. The van der Waals surface area contributed by atoms with Crippen molar-refractivity contribution >= 4 is 17.9 Å². The molecule has 19 heavy (non-hydrogen) atoms. The number of hydrogen-bond acceptors (Lipinski definition) is 3. The van der Waals surface area contributed by atoms with Gasteiger partial charge in [0.1, 0.15) is 12.0 Å². The zero-order chi connectivity index (χ0) is 13.7. The Labute approximate surface area is 113 Å². The molecule has 0 heterocycles. The Morgan fingerprint density at radius 1 is 1.32 bits per heavy atom. The number of rotatable bonds is 4. The van der Waals surface area contributed by atoms with Crippen molar-refractivity contribution in [3.05, 3.63) is 23.8 Å². The van der Waals surface area contributed by atoms with Gasteiger partial charge < -0.3 is 10.1 Å². The lowest BCUT2D eigenvalue weighted by atomic mass is 9.88. The molecule has 1 aliphatic rings. The molecule has 1 aromatic carbocycles. The fraction of sp³-hybridized carbons (Fsp3) is 0.467. The van der Waals surface area contributed by atoms with E-state index in [-0.39, 0.29) is 11.8 Å². The van der Waals surface area contributed by atoms with Gasteiger partial charge in [-0.05, 0) is 31.0 Å². The van der Waals surface area contributed by atoms with Crippen LogP contribution in [0.25, 0.3) is 0 Å². The maximum atomic E-state index is 12.2. The summed E-state index contributed by atoms with van der Waals surface area (Å²) in [7, 11) is 1.55. The van der Waals surface area contributed by atoms with Crippen molar-refractivity contribution in [2.75, 3.05) is 12.4 Å². The number of amides is 1. The minimum absolute atomic E-state index is 0.0287. The summed E-state index contributed by atoms with van der Waals surface area (Å²) >= 11 is 0. The molecule has 0 atom stereocenters. The second-order valence-electron chi connectivity index (χ2n) is 4.90. The monoisotopic (exact) mass is 261 g/mol. The summed E-state index contributed by atoms with van der Waals surface area (Å²) in [5.41, 5.74) is 1.10. The zero-order valence-corrected chi connectivity index (χ0v) is 11.1. The first-order chi connectivity index (χ1) is 9.24. The zero-order valence-electron chi connectivity index (χ0n) is 11.1. The van der Waals surface area contributed by atoms with Crippen LogP contribution >= 0.6 is 0 Å². The molecule has 0 saturated heterocycles. The lowest BCUT2D eigenvalue weighted by Gasteiger charge is -2.21. The van der Waals surface area contributed by atoms with E-state index in [2.05, 4.69) is 5.32 Å². The summed E-state index contributed by atoms with van der Waals surface area (Å²) < 4.78 is 5.20. The smallest absolute Gasteiger partial charge is 0.227 e. The van der Waals surface area contributed by atoms with Crippen LogP contribution in [0.15, 0.2) is 18.2 Å². The minimum Gasteiger partial charge on any atom is -0.495 e. The van der Waals surface area contributed by atoms with Gasteiger partial charge in [-0.3, -0.25) is 9.59 Å². The molecule has 1 N–H and O–H groups in total. The minimum atomic E-state index is 0.0287. The first-order valence-electron chi connectivity index (χ1n) is 6.68. The average molecular weight is 261 g/mol. The summed E-state index contributed by atoms with van der Waals surface area (Å²) in [6.07, 6.45) is 6.10. The highest BCUT2D eigenvalue weighted by Gasteiger charge is 2.22. The van der Waals surface area contributed by atoms with E-state index in [0.29, 0.717) is 17.0 Å². The Kier molecular flexibility index (Phi) is 4.55. The number of ether oxygens (including phenoxy) is 1. The lowest BCUT2D eigenvalue weighted by Crippen LogP contribution is -2.25. The van der Waals surface area contributed by atoms with Crippen LogP contribution in [0.1, 0.15) is 42.5 Å². The summed E-state index contributed by atoms with van der Waals surface area (Å²) in [5, 5.41) is 2.88. The van der Waals surface area contributed by atoms with Gasteiger partial charge in [-0.1, -0.05) is 19.3 Å². The Balaban J connectivity index is 2.12. The van der Waals surface area contributed by atoms with Crippen LogP contribution in [0.3, 0.4) is 0 Å². The predicted molar refractivity (Wildman–Crippen MR) is 73.6 cm³/mol. The molecule has 0 spiro atoms. The molecule has 0 aromatic heterocycles. The highest BCUT2D eigenvalue weighted by Crippen LogP contribution is 2.28. The highest BCUT2D eigenvalue weighted by molar-refractivity contribution is 5.95. The molecule has 4 heteroatoms. The standard InChI is InChI=1S/C15H19NO3/c1-19-14-8-7-11(10-17)9-13(14)16-15(18)12-5-3-2-4-6-12/h7-10,12H,2-6H2,1H3,(H,16,18). The fourth-order valence-corrected chi connectivity index (χ4v) is 2.50. The van der Waals surface area contributed by atoms with Crippen LogP contribution in [0.4, 0.5) is 5.69 Å². The van der Waals surface area contributed by atoms with Gasteiger partial charge in [0.25, 0.3) is 0 Å². The number of hydrogen-bond donors (Lipinski definition) is 1. The van der Waals surface area contributed by atoms with E-state index in [1.165, 1.54) is 6.42 Å². The van der Waals surface area contributed by atoms with Crippen molar-refractivity contribution in [1.82, 2.24) is 0 Å². The number of benzene rings is 1. The molecule has 1 saturated carbocycles. The average Bonchev–Trinajstić information content (AvgIpc) is 2.48. The molecule has 0 aliphatic heterocycles. The van der Waals surface area contributed by atoms with E-state index >= 15 is 0 Å². The molecule has 102 valence electrons. The number of carbonyl (C=O) groups is 2. The number of carbonyl (C=O) groups excluding carboxylic acids is 2. The van der Waals surface area contributed by atoms with E-state index in [4.69, 9.17) is 4.74 Å². The van der Waals surface area contributed by atoms with Crippen LogP contribution in [-0.4, -0.2) is 19.3 Å². The molecule has 1 aliphatic carbocycles. The van der Waals surface area contributed by atoms with Crippen LogP contribution < -0.4 is 10.1 Å². The third kappa shape index (κ3) is 3.34. The van der Waals surface area contributed by atoms with Crippen LogP contribution in [-0.2, 0) is 4.79 Å². The fourth-order valence-electron chi connectivity index (χ4n) is 2.50. The van der Waals surface area contributed by atoms with E-state index in [0.717, 1.165) is 32.0 Å². The van der Waals surface area contributed by atoms with Crippen molar-refractivity contribution in [3.8, 4) is 5.75 Å². The first-order valence-corrected chi connectivity index (χ1v) is 6.68. The second kappa shape index (κ2) is 6.36. The summed E-state index contributed by atoms with van der Waals surface area (Å²) in [5.74, 6) is 0.689. The normalized spacial score (nSPS) is 15.8. The number of anilines is 1. The molecular formula is C15H19NO3. The summed E-state index contributed by atoms with van der Waals surface area (Å²) in [6.45, 7) is 0. The van der Waals surface area contributed by atoms with Gasteiger partial charge in [0.2, 0.25) is 5.91 Å². The number of aldehydes is 1. The molecule has 0 bridgehead atoms. The maximum Gasteiger partial charge on any atom is 0.227 e. The van der Waals surface area contributed by atoms with Crippen molar-refractivity contribution in [2.45, 2.75) is 32.1 Å². The van der Waals surface area contributed by atoms with Crippen molar-refractivity contribution in [2.24, 2.45) is 5.92 Å².